The van der Waals surface area contributed by atoms with Gasteiger partial charge < -0.3 is 4.90 Å². The van der Waals surface area contributed by atoms with E-state index >= 15 is 0 Å². The van der Waals surface area contributed by atoms with E-state index in [2.05, 4.69) is 11.0 Å². The van der Waals surface area contributed by atoms with Gasteiger partial charge in [-0.3, -0.25) is 4.79 Å². The Hall–Kier alpha value is -1.41. The highest BCUT2D eigenvalue weighted by atomic mass is 35.5. The highest BCUT2D eigenvalue weighted by Gasteiger charge is 2.33. The van der Waals surface area contributed by atoms with E-state index in [1.807, 2.05) is 35.7 Å². The van der Waals surface area contributed by atoms with E-state index in [-0.39, 0.29) is 11.9 Å². The number of hydrazone groups is 1. The van der Waals surface area contributed by atoms with Crippen LogP contribution in [0.15, 0.2) is 46.9 Å². The minimum Gasteiger partial charge on any atom is -0.358 e. The average Bonchev–Trinajstić information content (AvgIpc) is 3.43. The zero-order chi connectivity index (χ0) is 20.2. The Balaban J connectivity index is 1.48. The smallest absolute Gasteiger partial charge is 0.253 e. The number of hydrogen-bond acceptors (Lipinski definition) is 5. The van der Waals surface area contributed by atoms with Crippen molar-refractivity contribution < 1.29 is 4.79 Å². The maximum atomic E-state index is 13.1. The van der Waals surface area contributed by atoms with Gasteiger partial charge in [-0.15, -0.1) is 11.3 Å². The number of piperidine rings is 1. The molecule has 152 valence electrons. The Morgan fingerprint density at radius 2 is 1.97 bits per heavy atom. The lowest BCUT2D eigenvalue weighted by atomic mass is 10.0. The monoisotopic (exact) mass is 463 g/mol. The molecule has 29 heavy (non-hydrogen) atoms. The van der Waals surface area contributed by atoms with Gasteiger partial charge in [-0.05, 0) is 48.4 Å². The fraction of sp³-hybridized carbons (Fsp3) is 0.381. The number of halogens is 1. The van der Waals surface area contributed by atoms with Gasteiger partial charge in [0, 0.05) is 24.5 Å². The second-order valence-electron chi connectivity index (χ2n) is 7.14. The summed E-state index contributed by atoms with van der Waals surface area (Å²) >= 11 is 14.7. The van der Waals surface area contributed by atoms with Crippen LogP contribution in [0.1, 0.15) is 42.2 Å². The third-order valence-electron chi connectivity index (χ3n) is 5.16. The predicted octanol–water partition coefficient (Wildman–Crippen LogP) is 5.58. The van der Waals surface area contributed by atoms with E-state index in [0.29, 0.717) is 17.2 Å². The first-order valence-corrected chi connectivity index (χ1v) is 12.4. The average molecular weight is 464 g/mol. The zero-order valence-corrected chi connectivity index (χ0v) is 19.1. The number of rotatable bonds is 4. The lowest BCUT2D eigenvalue weighted by Crippen LogP contribution is -2.34. The Labute approximate surface area is 189 Å². The van der Waals surface area contributed by atoms with Crippen molar-refractivity contribution in [3.05, 3.63) is 57.2 Å². The molecule has 0 N–H and O–H groups in total. The molecule has 0 bridgehead atoms. The summed E-state index contributed by atoms with van der Waals surface area (Å²) in [5.74, 6) is 0.293. The molecule has 8 heteroatoms. The zero-order valence-electron chi connectivity index (χ0n) is 15.9. The molecule has 1 aromatic carbocycles. The summed E-state index contributed by atoms with van der Waals surface area (Å²) in [5, 5.41) is 9.07. The number of thiophene rings is 1. The first kappa shape index (κ1) is 20.8. The molecule has 1 fully saturated rings. The number of benzene rings is 1. The molecule has 3 heterocycles. The summed E-state index contributed by atoms with van der Waals surface area (Å²) in [6, 6.07) is 11.6. The number of carbonyl (C=O) groups is 1. The molecule has 4 rings (SSSR count). The second kappa shape index (κ2) is 9.60. The van der Waals surface area contributed by atoms with Crippen molar-refractivity contribution in [1.29, 1.82) is 0 Å². The van der Waals surface area contributed by atoms with Crippen LogP contribution in [0.4, 0.5) is 0 Å². The van der Waals surface area contributed by atoms with E-state index < -0.39 is 0 Å². The highest BCUT2D eigenvalue weighted by molar-refractivity contribution is 8.23. The van der Waals surface area contributed by atoms with Crippen molar-refractivity contribution >= 4 is 62.9 Å². The maximum absolute atomic E-state index is 13.1. The van der Waals surface area contributed by atoms with Crippen LogP contribution in [0.3, 0.4) is 0 Å². The number of amides is 1. The largest absolute Gasteiger partial charge is 0.358 e. The molecule has 2 aromatic rings. The fourth-order valence-electron chi connectivity index (χ4n) is 3.63. The molecule has 0 radical (unpaired) electrons. The summed E-state index contributed by atoms with van der Waals surface area (Å²) in [6.07, 6.45) is 4.32. The van der Waals surface area contributed by atoms with Crippen LogP contribution in [-0.2, 0) is 4.79 Å². The summed E-state index contributed by atoms with van der Waals surface area (Å²) in [6.45, 7) is 2.00. The van der Waals surface area contributed by atoms with Crippen LogP contribution >= 0.6 is 46.9 Å². The SMILES string of the molecule is O=C(CSC(=S)N1CCCCC1)N1N=C(c2cccs2)C[C@@H]1c1ccc(Cl)cc1. The van der Waals surface area contributed by atoms with E-state index in [4.69, 9.17) is 28.9 Å². The molecule has 1 saturated heterocycles. The third kappa shape index (κ3) is 5.02. The number of carbonyl (C=O) groups excluding carboxylic acids is 1. The van der Waals surface area contributed by atoms with Gasteiger partial charge in [0.1, 0.15) is 4.32 Å². The van der Waals surface area contributed by atoms with Gasteiger partial charge in [-0.25, -0.2) is 5.01 Å². The molecule has 0 saturated carbocycles. The molecule has 1 amide bonds. The van der Waals surface area contributed by atoms with Crippen molar-refractivity contribution in [3.8, 4) is 0 Å². The molecular formula is C21H22ClN3OS3. The van der Waals surface area contributed by atoms with Crippen molar-refractivity contribution in [2.24, 2.45) is 5.10 Å². The van der Waals surface area contributed by atoms with Gasteiger partial charge in [0.2, 0.25) is 0 Å². The first-order chi connectivity index (χ1) is 14.1. The lowest BCUT2D eigenvalue weighted by Gasteiger charge is -2.29. The van der Waals surface area contributed by atoms with Gasteiger partial charge in [0.15, 0.2) is 0 Å². The second-order valence-corrected chi connectivity index (χ2v) is 10.1. The Morgan fingerprint density at radius 1 is 1.21 bits per heavy atom. The Kier molecular flexibility index (Phi) is 6.90. The van der Waals surface area contributed by atoms with Crippen molar-refractivity contribution in [1.82, 2.24) is 9.91 Å². The summed E-state index contributed by atoms with van der Waals surface area (Å²) in [7, 11) is 0. The van der Waals surface area contributed by atoms with E-state index in [0.717, 1.165) is 33.6 Å². The quantitative estimate of drug-likeness (QED) is 0.554. The van der Waals surface area contributed by atoms with E-state index in [1.165, 1.54) is 31.0 Å². The number of hydrogen-bond donors (Lipinski definition) is 0. The molecule has 1 atom stereocenters. The van der Waals surface area contributed by atoms with Crippen molar-refractivity contribution in [2.45, 2.75) is 31.7 Å². The standard InChI is InChI=1S/C21H22ClN3OS3/c22-16-8-6-15(7-9-16)18-13-17(19-5-4-12-28-19)23-25(18)20(26)14-29-21(27)24-10-2-1-3-11-24/h4-9,12,18H,1-3,10-11,13-14H2/t18-/m1/s1. The van der Waals surface area contributed by atoms with Crippen LogP contribution < -0.4 is 0 Å². The Bertz CT molecular complexity index is 892. The number of likely N-dealkylation sites (tertiary alicyclic amines) is 1. The van der Waals surface area contributed by atoms with Gasteiger partial charge in [0.05, 0.1) is 22.4 Å². The molecule has 1 aromatic heterocycles. The fourth-order valence-corrected chi connectivity index (χ4v) is 5.58. The molecule has 0 unspecified atom stereocenters. The minimum atomic E-state index is -0.110. The van der Waals surface area contributed by atoms with Crippen LogP contribution in [0.25, 0.3) is 0 Å². The molecule has 0 spiro atoms. The first-order valence-electron chi connectivity index (χ1n) is 9.72. The number of nitrogens with zero attached hydrogens (tertiary/aromatic N) is 3. The molecule has 2 aliphatic rings. The summed E-state index contributed by atoms with van der Waals surface area (Å²) < 4.78 is 0.822. The molecule has 0 aliphatic carbocycles. The third-order valence-corrected chi connectivity index (χ3v) is 7.84. The predicted molar refractivity (Wildman–Crippen MR) is 127 cm³/mol. The van der Waals surface area contributed by atoms with Crippen molar-refractivity contribution in [2.75, 3.05) is 18.8 Å². The maximum Gasteiger partial charge on any atom is 0.253 e. The topological polar surface area (TPSA) is 35.9 Å². The molecule has 4 nitrogen and oxygen atoms in total. The van der Waals surface area contributed by atoms with Gasteiger partial charge in [-0.1, -0.05) is 53.8 Å². The molecule has 2 aliphatic heterocycles. The van der Waals surface area contributed by atoms with Gasteiger partial charge >= 0.3 is 0 Å². The van der Waals surface area contributed by atoms with Crippen LogP contribution in [0.2, 0.25) is 5.02 Å². The summed E-state index contributed by atoms with van der Waals surface area (Å²) in [5.41, 5.74) is 2.00. The normalized spacial score (nSPS) is 19.3. The lowest BCUT2D eigenvalue weighted by molar-refractivity contribution is -0.130. The van der Waals surface area contributed by atoms with Crippen molar-refractivity contribution in [3.63, 3.8) is 0 Å². The van der Waals surface area contributed by atoms with Gasteiger partial charge in [0.25, 0.3) is 5.91 Å². The number of thiocarbonyl (C=S) groups is 1. The number of thioether (sulfide) groups is 1. The van der Waals surface area contributed by atoms with Crippen LogP contribution in [-0.4, -0.2) is 44.7 Å². The minimum absolute atomic E-state index is 0.0131. The van der Waals surface area contributed by atoms with Gasteiger partial charge in [-0.2, -0.15) is 5.10 Å². The van der Waals surface area contributed by atoms with E-state index in [9.17, 15) is 4.79 Å². The molecular weight excluding hydrogens is 442 g/mol. The highest BCUT2D eigenvalue weighted by Crippen LogP contribution is 2.34. The van der Waals surface area contributed by atoms with Crippen LogP contribution in [0, 0.1) is 0 Å². The van der Waals surface area contributed by atoms with Crippen LogP contribution in [0.5, 0.6) is 0 Å². The summed E-state index contributed by atoms with van der Waals surface area (Å²) in [4.78, 5) is 16.4. The van der Waals surface area contributed by atoms with E-state index in [1.54, 1.807) is 16.3 Å². The Morgan fingerprint density at radius 3 is 2.66 bits per heavy atom.